The summed E-state index contributed by atoms with van der Waals surface area (Å²) in [5.74, 6) is -0.110. The number of nitriles is 1. The summed E-state index contributed by atoms with van der Waals surface area (Å²) in [6.45, 7) is 8.11. The first-order valence-corrected chi connectivity index (χ1v) is 7.51. The van der Waals surface area contributed by atoms with Crippen molar-refractivity contribution in [1.29, 1.82) is 5.26 Å². The fraction of sp³-hybridized carbons (Fsp3) is 0.750. The lowest BCUT2D eigenvalue weighted by atomic mass is 10.1. The molecule has 0 saturated carbocycles. The van der Waals surface area contributed by atoms with Gasteiger partial charge in [0.05, 0.1) is 18.2 Å². The molecule has 0 rings (SSSR count). The zero-order valence-corrected chi connectivity index (χ0v) is 9.16. The Balaban J connectivity index is 3.84. The van der Waals surface area contributed by atoms with Crippen LogP contribution >= 0.6 is 0 Å². The van der Waals surface area contributed by atoms with Gasteiger partial charge in [-0.25, -0.2) is 0 Å². The number of hydrogen-bond acceptors (Lipinski definition) is 3. The summed E-state index contributed by atoms with van der Waals surface area (Å²) in [5, 5.41) is 12.4. The lowest BCUT2D eigenvalue weighted by molar-refractivity contribution is 0.335. The summed E-state index contributed by atoms with van der Waals surface area (Å²) in [5.41, 5.74) is 0. The maximum atomic E-state index is 8.57. The predicted molar refractivity (Wildman–Crippen MR) is 52.3 cm³/mol. The molecule has 0 aliphatic carbocycles. The van der Waals surface area contributed by atoms with Crippen molar-refractivity contribution in [3.63, 3.8) is 0 Å². The second kappa shape index (κ2) is 4.94. The van der Waals surface area contributed by atoms with Crippen LogP contribution in [0.1, 0.15) is 13.3 Å². The van der Waals surface area contributed by atoms with E-state index in [2.05, 4.69) is 30.9 Å². The molecule has 0 fully saturated rings. The van der Waals surface area contributed by atoms with Gasteiger partial charge in [0.2, 0.25) is 0 Å². The predicted octanol–water partition coefficient (Wildman–Crippen LogP) is 2.37. The second-order valence-corrected chi connectivity index (χ2v) is 8.01. The number of oxime groups is 1. The molecule has 4 heteroatoms. The van der Waals surface area contributed by atoms with Gasteiger partial charge in [0.1, 0.15) is 0 Å². The molecular weight excluding hydrogens is 168 g/mol. The SMILES string of the molecule is CCC(C#N)C=NO[Si](C)(C)C. The Kier molecular flexibility index (Phi) is 4.60. The van der Waals surface area contributed by atoms with E-state index in [1.165, 1.54) is 0 Å². The van der Waals surface area contributed by atoms with Crippen LogP contribution in [0.25, 0.3) is 0 Å². The Labute approximate surface area is 75.2 Å². The lowest BCUT2D eigenvalue weighted by Gasteiger charge is -2.12. The molecule has 0 spiro atoms. The summed E-state index contributed by atoms with van der Waals surface area (Å²) in [6.07, 6.45) is 2.37. The fourth-order valence-corrected chi connectivity index (χ4v) is 0.869. The van der Waals surface area contributed by atoms with Crippen LogP contribution in [0.15, 0.2) is 5.16 Å². The minimum Gasteiger partial charge on any atom is -0.456 e. The molecule has 0 aromatic heterocycles. The number of hydrogen-bond donors (Lipinski definition) is 0. The smallest absolute Gasteiger partial charge is 0.278 e. The molecule has 0 aromatic carbocycles. The van der Waals surface area contributed by atoms with Crippen LogP contribution in [-0.2, 0) is 4.53 Å². The van der Waals surface area contributed by atoms with Gasteiger partial charge in [0, 0.05) is 0 Å². The van der Waals surface area contributed by atoms with Gasteiger partial charge in [0.15, 0.2) is 0 Å². The Morgan fingerprint density at radius 1 is 1.58 bits per heavy atom. The largest absolute Gasteiger partial charge is 0.456 e. The summed E-state index contributed by atoms with van der Waals surface area (Å²) in [4.78, 5) is 0. The first-order chi connectivity index (χ1) is 5.49. The van der Waals surface area contributed by atoms with Gasteiger partial charge in [0.25, 0.3) is 8.32 Å². The molecule has 12 heavy (non-hydrogen) atoms. The molecule has 1 atom stereocenters. The highest BCUT2D eigenvalue weighted by Gasteiger charge is 2.15. The van der Waals surface area contributed by atoms with Crippen molar-refractivity contribution in [1.82, 2.24) is 0 Å². The summed E-state index contributed by atoms with van der Waals surface area (Å²) in [7, 11) is -1.56. The zero-order chi connectivity index (χ0) is 9.61. The van der Waals surface area contributed by atoms with E-state index in [4.69, 9.17) is 9.79 Å². The van der Waals surface area contributed by atoms with Gasteiger partial charge >= 0.3 is 0 Å². The molecule has 0 aromatic rings. The Hall–Kier alpha value is -0.823. The second-order valence-electron chi connectivity index (χ2n) is 3.60. The molecule has 0 radical (unpaired) electrons. The molecule has 0 amide bonds. The van der Waals surface area contributed by atoms with Gasteiger partial charge in [-0.05, 0) is 26.1 Å². The van der Waals surface area contributed by atoms with E-state index in [1.54, 1.807) is 6.21 Å². The van der Waals surface area contributed by atoms with Crippen molar-refractivity contribution >= 4 is 14.5 Å². The van der Waals surface area contributed by atoms with Crippen LogP contribution in [0, 0.1) is 17.2 Å². The molecule has 1 unspecified atom stereocenters. The normalized spacial score (nSPS) is 14.2. The van der Waals surface area contributed by atoms with Crippen LogP contribution < -0.4 is 0 Å². The van der Waals surface area contributed by atoms with Crippen molar-refractivity contribution < 1.29 is 4.53 Å². The minimum absolute atomic E-state index is 0.110. The summed E-state index contributed by atoms with van der Waals surface area (Å²) in [6, 6.07) is 2.12. The minimum atomic E-state index is -1.56. The van der Waals surface area contributed by atoms with E-state index < -0.39 is 8.32 Å². The van der Waals surface area contributed by atoms with Crippen molar-refractivity contribution in [3.8, 4) is 6.07 Å². The first kappa shape index (κ1) is 11.2. The van der Waals surface area contributed by atoms with Crippen molar-refractivity contribution in [2.45, 2.75) is 33.0 Å². The maximum Gasteiger partial charge on any atom is 0.278 e. The van der Waals surface area contributed by atoms with E-state index in [-0.39, 0.29) is 5.92 Å². The quantitative estimate of drug-likeness (QED) is 0.382. The van der Waals surface area contributed by atoms with Crippen molar-refractivity contribution in [2.24, 2.45) is 11.1 Å². The summed E-state index contributed by atoms with van der Waals surface area (Å²) >= 11 is 0. The molecule has 0 aliphatic heterocycles. The standard InChI is InChI=1S/C8H16N2OSi/c1-5-8(6-9)7-10-11-12(2,3)4/h7-8H,5H2,1-4H3. The van der Waals surface area contributed by atoms with E-state index in [1.807, 2.05) is 6.92 Å². The van der Waals surface area contributed by atoms with Crippen molar-refractivity contribution in [3.05, 3.63) is 0 Å². The van der Waals surface area contributed by atoms with Gasteiger partial charge in [-0.15, -0.1) is 5.16 Å². The average molecular weight is 184 g/mol. The topological polar surface area (TPSA) is 45.4 Å². The first-order valence-electron chi connectivity index (χ1n) is 4.11. The van der Waals surface area contributed by atoms with Gasteiger partial charge in [-0.2, -0.15) is 5.26 Å². The molecular formula is C8H16N2OSi. The highest BCUT2D eigenvalue weighted by atomic mass is 28.4. The molecule has 0 bridgehead atoms. The van der Waals surface area contributed by atoms with Gasteiger partial charge < -0.3 is 4.53 Å². The highest BCUT2D eigenvalue weighted by molar-refractivity contribution is 6.69. The van der Waals surface area contributed by atoms with Crippen LogP contribution in [0.3, 0.4) is 0 Å². The highest BCUT2D eigenvalue weighted by Crippen LogP contribution is 2.03. The van der Waals surface area contributed by atoms with E-state index in [0.29, 0.717) is 0 Å². The monoisotopic (exact) mass is 184 g/mol. The summed E-state index contributed by atoms with van der Waals surface area (Å²) < 4.78 is 5.22. The van der Waals surface area contributed by atoms with Crippen LogP contribution in [0.5, 0.6) is 0 Å². The fourth-order valence-electron chi connectivity index (χ4n) is 0.492. The molecule has 0 heterocycles. The van der Waals surface area contributed by atoms with Crippen molar-refractivity contribution in [2.75, 3.05) is 0 Å². The molecule has 0 saturated heterocycles. The Bertz CT molecular complexity index is 190. The number of nitrogens with zero attached hydrogens (tertiary/aromatic N) is 2. The molecule has 68 valence electrons. The van der Waals surface area contributed by atoms with Crippen LogP contribution in [-0.4, -0.2) is 14.5 Å². The van der Waals surface area contributed by atoms with Gasteiger partial charge in [-0.3, -0.25) is 0 Å². The Morgan fingerprint density at radius 2 is 2.17 bits per heavy atom. The van der Waals surface area contributed by atoms with E-state index in [0.717, 1.165) is 6.42 Å². The Morgan fingerprint density at radius 3 is 2.50 bits per heavy atom. The third kappa shape index (κ3) is 5.92. The van der Waals surface area contributed by atoms with E-state index >= 15 is 0 Å². The van der Waals surface area contributed by atoms with E-state index in [9.17, 15) is 0 Å². The average Bonchev–Trinajstić information content (AvgIpc) is 1.96. The molecule has 0 N–H and O–H groups in total. The third-order valence-corrected chi connectivity index (χ3v) is 1.83. The third-order valence-electron chi connectivity index (χ3n) is 1.17. The van der Waals surface area contributed by atoms with Crippen LogP contribution in [0.4, 0.5) is 0 Å². The maximum absolute atomic E-state index is 8.57. The number of rotatable bonds is 4. The zero-order valence-electron chi connectivity index (χ0n) is 8.16. The molecule has 0 aliphatic rings. The molecule has 3 nitrogen and oxygen atoms in total. The van der Waals surface area contributed by atoms with Crippen LogP contribution in [0.2, 0.25) is 19.6 Å². The van der Waals surface area contributed by atoms with Gasteiger partial charge in [-0.1, -0.05) is 6.92 Å². The lowest BCUT2D eigenvalue weighted by Crippen LogP contribution is -2.22.